The lowest BCUT2D eigenvalue weighted by atomic mass is 10.1. The van der Waals surface area contributed by atoms with Crippen LogP contribution < -0.4 is 9.62 Å². The van der Waals surface area contributed by atoms with E-state index >= 15 is 0 Å². The molecule has 164 valence electrons. The molecule has 4 rings (SSSR count). The van der Waals surface area contributed by atoms with Crippen molar-refractivity contribution < 1.29 is 8.42 Å². The van der Waals surface area contributed by atoms with Crippen molar-refractivity contribution in [3.8, 4) is 17.1 Å². The van der Waals surface area contributed by atoms with Crippen LogP contribution in [0.25, 0.3) is 17.1 Å². The van der Waals surface area contributed by atoms with Gasteiger partial charge in [0.15, 0.2) is 17.5 Å². The summed E-state index contributed by atoms with van der Waals surface area (Å²) in [6.07, 6.45) is 7.05. The molecule has 1 N–H and O–H groups in total. The number of anilines is 1. The molecule has 1 atom stereocenters. The van der Waals surface area contributed by atoms with Gasteiger partial charge < -0.3 is 4.90 Å². The standard InChI is InChI=1S/C20H26N8O2S/c1-6-16-20-26-25-13(4)28(20)17-11-22-18(24-19(17)27(16)12(2)3)15-7-8-21-9-14(15)10-23-31(5,29)30/h7-9,11-12,16,23H,6,10H2,1-5H3/t16-/m1/s1. The van der Waals surface area contributed by atoms with Crippen LogP contribution in [0.5, 0.6) is 0 Å². The summed E-state index contributed by atoms with van der Waals surface area (Å²) in [6.45, 7) is 8.41. The van der Waals surface area contributed by atoms with Gasteiger partial charge in [-0.2, -0.15) is 0 Å². The average molecular weight is 443 g/mol. The number of aryl methyl sites for hydroxylation is 1. The molecule has 0 aliphatic carbocycles. The minimum Gasteiger partial charge on any atom is -0.342 e. The first kappa shape index (κ1) is 21.3. The van der Waals surface area contributed by atoms with Crippen molar-refractivity contribution in [1.29, 1.82) is 0 Å². The quantitative estimate of drug-likeness (QED) is 0.617. The lowest BCUT2D eigenvalue weighted by molar-refractivity contribution is 0.496. The molecule has 0 saturated carbocycles. The zero-order valence-electron chi connectivity index (χ0n) is 18.2. The number of fused-ring (bicyclic) bond motifs is 3. The average Bonchev–Trinajstić information content (AvgIpc) is 3.12. The Morgan fingerprint density at radius 2 is 2.00 bits per heavy atom. The van der Waals surface area contributed by atoms with Crippen molar-refractivity contribution in [3.05, 3.63) is 41.9 Å². The summed E-state index contributed by atoms with van der Waals surface area (Å²) in [5.74, 6) is 3.00. The molecule has 0 radical (unpaired) electrons. The van der Waals surface area contributed by atoms with Crippen molar-refractivity contribution in [2.75, 3.05) is 11.2 Å². The highest BCUT2D eigenvalue weighted by atomic mass is 32.2. The van der Waals surface area contributed by atoms with Crippen LogP contribution in [-0.2, 0) is 16.6 Å². The van der Waals surface area contributed by atoms with Gasteiger partial charge in [-0.3, -0.25) is 9.55 Å². The third-order valence-corrected chi connectivity index (χ3v) is 6.00. The molecular formula is C20H26N8O2S. The highest BCUT2D eigenvalue weighted by Crippen LogP contribution is 2.40. The largest absolute Gasteiger partial charge is 0.342 e. The Balaban J connectivity index is 1.86. The molecule has 4 heterocycles. The van der Waals surface area contributed by atoms with Gasteiger partial charge in [0, 0.05) is 30.5 Å². The first-order chi connectivity index (χ1) is 14.7. The summed E-state index contributed by atoms with van der Waals surface area (Å²) in [4.78, 5) is 15.9. The normalized spacial score (nSPS) is 15.8. The van der Waals surface area contributed by atoms with E-state index in [4.69, 9.17) is 4.98 Å². The molecule has 1 aliphatic rings. The van der Waals surface area contributed by atoms with Crippen molar-refractivity contribution in [3.63, 3.8) is 0 Å². The first-order valence-electron chi connectivity index (χ1n) is 10.2. The molecule has 11 heteroatoms. The minimum absolute atomic E-state index is 0.0419. The van der Waals surface area contributed by atoms with Crippen LogP contribution in [0.4, 0.5) is 5.82 Å². The van der Waals surface area contributed by atoms with Crippen molar-refractivity contribution >= 4 is 15.8 Å². The van der Waals surface area contributed by atoms with E-state index in [1.54, 1.807) is 24.7 Å². The van der Waals surface area contributed by atoms with E-state index < -0.39 is 10.0 Å². The maximum absolute atomic E-state index is 11.6. The molecule has 0 unspecified atom stereocenters. The Morgan fingerprint density at radius 3 is 2.68 bits per heavy atom. The Bertz CT molecular complexity index is 1220. The molecule has 0 aromatic carbocycles. The van der Waals surface area contributed by atoms with Gasteiger partial charge in [-0.1, -0.05) is 6.92 Å². The maximum Gasteiger partial charge on any atom is 0.209 e. The Labute approximate surface area is 181 Å². The Hall–Kier alpha value is -2.92. The van der Waals surface area contributed by atoms with Crippen LogP contribution in [-0.4, -0.2) is 50.4 Å². The highest BCUT2D eigenvalue weighted by molar-refractivity contribution is 7.88. The number of sulfonamides is 1. The fourth-order valence-electron chi connectivity index (χ4n) is 3.99. The predicted molar refractivity (Wildman–Crippen MR) is 117 cm³/mol. The molecule has 31 heavy (non-hydrogen) atoms. The summed E-state index contributed by atoms with van der Waals surface area (Å²) >= 11 is 0. The SMILES string of the molecule is CC[C@@H]1c2nnc(C)n2-c2cnc(-c3ccncc3CNS(C)(=O)=O)nc2N1C(C)C. The van der Waals surface area contributed by atoms with Gasteiger partial charge in [0.05, 0.1) is 18.5 Å². The topological polar surface area (TPSA) is 119 Å². The second kappa shape index (κ2) is 7.97. The third kappa shape index (κ3) is 3.90. The minimum atomic E-state index is -3.34. The Kier molecular flexibility index (Phi) is 5.48. The zero-order valence-corrected chi connectivity index (χ0v) is 19.1. The third-order valence-electron chi connectivity index (χ3n) is 5.33. The van der Waals surface area contributed by atoms with E-state index in [9.17, 15) is 8.42 Å². The molecule has 1 aliphatic heterocycles. The fraction of sp³-hybridized carbons (Fsp3) is 0.450. The molecule has 0 bridgehead atoms. The molecule has 0 saturated heterocycles. The van der Waals surface area contributed by atoms with Gasteiger partial charge >= 0.3 is 0 Å². The number of hydrogen-bond donors (Lipinski definition) is 1. The zero-order chi connectivity index (χ0) is 22.3. The summed E-state index contributed by atoms with van der Waals surface area (Å²) in [7, 11) is -3.34. The smallest absolute Gasteiger partial charge is 0.209 e. The number of aromatic nitrogens is 6. The van der Waals surface area contributed by atoms with Gasteiger partial charge in [0.2, 0.25) is 10.0 Å². The summed E-state index contributed by atoms with van der Waals surface area (Å²) in [5.41, 5.74) is 2.27. The summed E-state index contributed by atoms with van der Waals surface area (Å²) in [5, 5.41) is 8.71. The number of rotatable bonds is 6. The summed E-state index contributed by atoms with van der Waals surface area (Å²) < 4.78 is 27.7. The van der Waals surface area contributed by atoms with Crippen molar-refractivity contribution in [1.82, 2.24) is 34.4 Å². The molecule has 0 spiro atoms. The van der Waals surface area contributed by atoms with Crippen LogP contribution in [0.1, 0.15) is 50.4 Å². The van der Waals surface area contributed by atoms with E-state index in [2.05, 4.69) is 50.6 Å². The van der Waals surface area contributed by atoms with Crippen LogP contribution in [0.2, 0.25) is 0 Å². The van der Waals surface area contributed by atoms with Crippen LogP contribution >= 0.6 is 0 Å². The second-order valence-electron chi connectivity index (χ2n) is 7.89. The van der Waals surface area contributed by atoms with Crippen LogP contribution in [0.3, 0.4) is 0 Å². The molecule has 0 fully saturated rings. The van der Waals surface area contributed by atoms with Gasteiger partial charge in [0.25, 0.3) is 0 Å². The summed E-state index contributed by atoms with van der Waals surface area (Å²) in [6, 6.07) is 2.03. The first-order valence-corrected chi connectivity index (χ1v) is 12.1. The van der Waals surface area contributed by atoms with E-state index in [0.717, 1.165) is 41.4 Å². The van der Waals surface area contributed by atoms with Crippen LogP contribution in [0.15, 0.2) is 24.7 Å². The van der Waals surface area contributed by atoms with E-state index in [1.165, 1.54) is 0 Å². The van der Waals surface area contributed by atoms with Gasteiger partial charge in [-0.05, 0) is 38.8 Å². The van der Waals surface area contributed by atoms with Gasteiger partial charge in [-0.15, -0.1) is 10.2 Å². The maximum atomic E-state index is 11.6. The number of hydrogen-bond acceptors (Lipinski definition) is 8. The van der Waals surface area contributed by atoms with Crippen molar-refractivity contribution in [2.45, 2.75) is 52.7 Å². The van der Waals surface area contributed by atoms with Crippen LogP contribution in [0, 0.1) is 6.92 Å². The fourth-order valence-corrected chi connectivity index (χ4v) is 4.40. The molecular weight excluding hydrogens is 416 g/mol. The second-order valence-corrected chi connectivity index (χ2v) is 9.73. The molecule has 3 aromatic rings. The monoisotopic (exact) mass is 442 g/mol. The highest BCUT2D eigenvalue weighted by Gasteiger charge is 2.36. The van der Waals surface area contributed by atoms with E-state index in [-0.39, 0.29) is 18.6 Å². The van der Waals surface area contributed by atoms with E-state index in [0.29, 0.717) is 11.4 Å². The molecule has 10 nitrogen and oxygen atoms in total. The van der Waals surface area contributed by atoms with E-state index in [1.807, 2.05) is 11.5 Å². The molecule has 0 amide bonds. The lowest BCUT2D eigenvalue weighted by Crippen LogP contribution is -2.40. The molecule has 3 aromatic heterocycles. The number of pyridine rings is 1. The number of nitrogens with one attached hydrogen (secondary N) is 1. The van der Waals surface area contributed by atoms with Gasteiger partial charge in [0.1, 0.15) is 11.5 Å². The Morgan fingerprint density at radius 1 is 1.23 bits per heavy atom. The lowest BCUT2D eigenvalue weighted by Gasteiger charge is -2.39. The number of nitrogens with zero attached hydrogens (tertiary/aromatic N) is 7. The van der Waals surface area contributed by atoms with Gasteiger partial charge in [-0.25, -0.2) is 23.1 Å². The predicted octanol–water partition coefficient (Wildman–Crippen LogP) is 2.16. The van der Waals surface area contributed by atoms with Crippen molar-refractivity contribution in [2.24, 2.45) is 0 Å².